The number of oxime groups is 1. The van der Waals surface area contributed by atoms with Crippen LogP contribution in [-0.2, 0) is 20.9 Å². The fourth-order valence-electron chi connectivity index (χ4n) is 8.16. The van der Waals surface area contributed by atoms with Crippen LogP contribution in [0.25, 0.3) is 0 Å². The van der Waals surface area contributed by atoms with Crippen LogP contribution in [0.1, 0.15) is 153 Å². The first-order chi connectivity index (χ1) is 28.9. The summed E-state index contributed by atoms with van der Waals surface area (Å²) in [6, 6.07) is 7.54. The molecular formula is C45H54F2N4O9. The first-order valence-electron chi connectivity index (χ1n) is 21.1. The minimum absolute atomic E-state index is 0.0417. The summed E-state index contributed by atoms with van der Waals surface area (Å²) in [5, 5.41) is 6.61. The number of aromatic nitrogens is 1. The molecule has 0 unspecified atom stereocenters. The topological polar surface area (TPSA) is 155 Å². The number of pyridine rings is 1. The van der Waals surface area contributed by atoms with Crippen LogP contribution >= 0.6 is 0 Å². The number of esters is 2. The molecule has 0 saturated carbocycles. The van der Waals surface area contributed by atoms with Crippen LogP contribution in [0.2, 0.25) is 0 Å². The molecule has 15 heteroatoms. The molecule has 3 aliphatic heterocycles. The minimum atomic E-state index is -1.07. The van der Waals surface area contributed by atoms with E-state index < -0.39 is 70.3 Å². The van der Waals surface area contributed by atoms with Gasteiger partial charge in [-0.1, -0.05) is 88.4 Å². The number of benzene rings is 2. The number of unbranched alkanes of at least 4 members (excludes halogenated alkanes) is 10. The van der Waals surface area contributed by atoms with Gasteiger partial charge in [0, 0.05) is 43.4 Å². The molecule has 2 bridgehead atoms. The Hall–Kier alpha value is -5.60. The second-order valence-electron chi connectivity index (χ2n) is 15.9. The number of carbonyl (C=O) groups is 4. The lowest BCUT2D eigenvalue weighted by molar-refractivity contribution is -0.134. The summed E-state index contributed by atoms with van der Waals surface area (Å²) in [5.41, 5.74) is -3.04. The van der Waals surface area contributed by atoms with Crippen LogP contribution in [0.3, 0.4) is 0 Å². The maximum atomic E-state index is 14.5. The molecule has 1 saturated heterocycles. The predicted octanol–water partition coefficient (Wildman–Crippen LogP) is 8.18. The van der Waals surface area contributed by atoms with Gasteiger partial charge in [0.05, 0.1) is 25.1 Å². The Bertz CT molecular complexity index is 2160. The van der Waals surface area contributed by atoms with Crippen molar-refractivity contribution in [3.05, 3.63) is 92.9 Å². The molecule has 322 valence electrons. The van der Waals surface area contributed by atoms with E-state index in [4.69, 9.17) is 19.0 Å². The molecule has 3 aromatic rings. The van der Waals surface area contributed by atoms with Gasteiger partial charge in [-0.05, 0) is 50.5 Å². The van der Waals surface area contributed by atoms with Gasteiger partial charge in [0.15, 0.2) is 11.3 Å². The highest BCUT2D eigenvalue weighted by Crippen LogP contribution is 2.46. The van der Waals surface area contributed by atoms with E-state index in [9.17, 15) is 32.8 Å². The molecule has 1 N–H and O–H groups in total. The van der Waals surface area contributed by atoms with Gasteiger partial charge in [-0.2, -0.15) is 0 Å². The highest BCUT2D eigenvalue weighted by Gasteiger charge is 2.55. The Morgan fingerprint density at radius 1 is 0.950 bits per heavy atom. The highest BCUT2D eigenvalue weighted by molar-refractivity contribution is 6.01. The number of rotatable bonds is 18. The Morgan fingerprint density at radius 3 is 2.35 bits per heavy atom. The largest absolute Gasteiger partial charge is 0.482 e. The van der Waals surface area contributed by atoms with Gasteiger partial charge in [0.2, 0.25) is 17.1 Å². The normalized spacial score (nSPS) is 19.2. The van der Waals surface area contributed by atoms with Crippen molar-refractivity contribution in [1.82, 2.24) is 14.8 Å². The highest BCUT2D eigenvalue weighted by atomic mass is 19.1. The number of nitrogens with one attached hydrogen (secondary N) is 1. The van der Waals surface area contributed by atoms with Gasteiger partial charge in [0.25, 0.3) is 11.8 Å². The van der Waals surface area contributed by atoms with Crippen LogP contribution in [0.5, 0.6) is 11.5 Å². The van der Waals surface area contributed by atoms with Gasteiger partial charge in [-0.15, -0.1) is 0 Å². The molecule has 13 nitrogen and oxygen atoms in total. The Labute approximate surface area is 348 Å². The maximum absolute atomic E-state index is 14.5. The third-order valence-electron chi connectivity index (χ3n) is 11.7. The van der Waals surface area contributed by atoms with Gasteiger partial charge in [0.1, 0.15) is 22.9 Å². The second-order valence-corrected chi connectivity index (χ2v) is 15.9. The Balaban J connectivity index is 1.21. The average Bonchev–Trinajstić information content (AvgIpc) is 3.61. The average molecular weight is 833 g/mol. The lowest BCUT2D eigenvalue weighted by Gasteiger charge is -2.41. The number of fused-ring (bicyclic) bond motifs is 5. The Morgan fingerprint density at radius 2 is 1.67 bits per heavy atom. The van der Waals surface area contributed by atoms with E-state index in [0.29, 0.717) is 31.2 Å². The summed E-state index contributed by atoms with van der Waals surface area (Å²) in [5.74, 6) is -5.06. The number of ether oxygens (including phenoxy) is 3. The van der Waals surface area contributed by atoms with E-state index in [1.54, 1.807) is 4.90 Å². The van der Waals surface area contributed by atoms with Crippen molar-refractivity contribution in [3.63, 3.8) is 0 Å². The lowest BCUT2D eigenvalue weighted by atomic mass is 9.85. The van der Waals surface area contributed by atoms with Crippen molar-refractivity contribution in [2.45, 2.75) is 134 Å². The summed E-state index contributed by atoms with van der Waals surface area (Å²) in [6.07, 6.45) is 15.1. The van der Waals surface area contributed by atoms with Crippen molar-refractivity contribution in [3.8, 4) is 11.5 Å². The smallest absolute Gasteiger partial charge is 0.343 e. The fraction of sp³-hybridized carbons (Fsp3) is 0.511. The molecule has 6 rings (SSSR count). The lowest BCUT2D eigenvalue weighted by Crippen LogP contribution is -2.52. The molecule has 4 heterocycles. The number of carbonyl (C=O) groups excluding carboxylic acids is 4. The van der Waals surface area contributed by atoms with E-state index in [1.165, 1.54) is 87.1 Å². The number of methoxy groups -OCH3 is 1. The van der Waals surface area contributed by atoms with Gasteiger partial charge >= 0.3 is 11.9 Å². The van der Waals surface area contributed by atoms with E-state index in [2.05, 4.69) is 17.4 Å². The fourth-order valence-corrected chi connectivity index (χ4v) is 8.16. The third kappa shape index (κ3) is 10.2. The molecule has 1 spiro atoms. The SMILES string of the molecule is CCCCCCCCCCCCCC(=O)Oc1cccc(C(=O)Oc2c3n(cc(C(=O)NCc4ccc(F)cc4F)c2=O)[C@@H]2CN(C3=O)[C@@H](C)CC[C@]23CC(OC)=NO3)c1. The number of nitrogens with zero attached hydrogens (tertiary/aromatic N) is 3. The van der Waals surface area contributed by atoms with Crippen LogP contribution in [0.4, 0.5) is 8.78 Å². The van der Waals surface area contributed by atoms with Gasteiger partial charge in [-0.25, -0.2) is 13.6 Å². The zero-order valence-electron chi connectivity index (χ0n) is 34.6. The van der Waals surface area contributed by atoms with Crippen LogP contribution in [0.15, 0.2) is 58.6 Å². The molecular weight excluding hydrogens is 779 g/mol. The predicted molar refractivity (Wildman–Crippen MR) is 218 cm³/mol. The van der Waals surface area contributed by atoms with Gasteiger partial charge in [-0.3, -0.25) is 19.2 Å². The molecule has 3 aliphatic rings. The molecule has 2 amide bonds. The van der Waals surface area contributed by atoms with Crippen molar-refractivity contribution in [2.24, 2.45) is 5.16 Å². The van der Waals surface area contributed by atoms with Crippen LogP contribution in [0, 0.1) is 11.6 Å². The zero-order chi connectivity index (χ0) is 42.8. The van der Waals surface area contributed by atoms with Crippen molar-refractivity contribution in [2.75, 3.05) is 13.7 Å². The number of halogens is 2. The molecule has 60 heavy (non-hydrogen) atoms. The zero-order valence-corrected chi connectivity index (χ0v) is 34.6. The summed E-state index contributed by atoms with van der Waals surface area (Å²) < 4.78 is 46.2. The first-order valence-corrected chi connectivity index (χ1v) is 21.1. The molecule has 3 atom stereocenters. The molecule has 1 aromatic heterocycles. The van der Waals surface area contributed by atoms with Crippen molar-refractivity contribution < 1.29 is 47.0 Å². The maximum Gasteiger partial charge on any atom is 0.343 e. The monoisotopic (exact) mass is 832 g/mol. The second kappa shape index (κ2) is 20.1. The standard InChI is InChI=1S/C45H54F2N4O9/c1-4-5-6-7-8-9-10-11-12-13-14-18-38(52)58-33-17-15-16-30(23-33)44(56)59-41-39-43(55)50-28-36(45(22-21-29(50)2)25-37(57-3)49-60-45)51(39)27-34(40(41)53)42(54)48-26-31-19-20-32(46)24-35(31)47/h15-17,19-20,23-24,27,29,36H,4-14,18,21-22,25-26,28H2,1-3H3,(H,48,54)/t29-,36+,45-/m0/s1. The third-order valence-corrected chi connectivity index (χ3v) is 11.7. The number of hydrogen-bond donors (Lipinski definition) is 1. The van der Waals surface area contributed by atoms with E-state index in [-0.39, 0.29) is 48.0 Å². The van der Waals surface area contributed by atoms with E-state index in [1.807, 2.05) is 6.92 Å². The van der Waals surface area contributed by atoms with Crippen LogP contribution < -0.4 is 20.2 Å². The molecule has 0 radical (unpaired) electrons. The molecule has 0 aliphatic carbocycles. The summed E-state index contributed by atoms with van der Waals surface area (Å²) in [7, 11) is 1.46. The van der Waals surface area contributed by atoms with E-state index >= 15 is 0 Å². The minimum Gasteiger partial charge on any atom is -0.482 e. The summed E-state index contributed by atoms with van der Waals surface area (Å²) in [6.45, 7) is 3.78. The quantitative estimate of drug-likeness (QED) is 0.0759. The number of amides is 2. The first kappa shape index (κ1) is 44.0. The molecule has 2 aromatic carbocycles. The van der Waals surface area contributed by atoms with Gasteiger partial charge < -0.3 is 33.8 Å². The van der Waals surface area contributed by atoms with Crippen LogP contribution in [-0.4, -0.2) is 64.4 Å². The van der Waals surface area contributed by atoms with E-state index in [0.717, 1.165) is 31.4 Å². The number of hydrogen-bond acceptors (Lipinski definition) is 10. The Kier molecular flexibility index (Phi) is 14.7. The summed E-state index contributed by atoms with van der Waals surface area (Å²) in [4.78, 5) is 76.6. The summed E-state index contributed by atoms with van der Waals surface area (Å²) >= 11 is 0. The van der Waals surface area contributed by atoms with Crippen molar-refractivity contribution in [1.29, 1.82) is 0 Å². The van der Waals surface area contributed by atoms with Crippen molar-refractivity contribution >= 4 is 29.7 Å². The molecule has 1 fully saturated rings.